The van der Waals surface area contributed by atoms with Crippen molar-refractivity contribution in [1.29, 1.82) is 5.26 Å². The number of aromatic nitrogens is 3. The fourth-order valence-electron chi connectivity index (χ4n) is 6.43. The Kier molecular flexibility index (Phi) is 12.6. The van der Waals surface area contributed by atoms with Gasteiger partial charge in [0.25, 0.3) is 0 Å². The minimum atomic E-state index is -4.72. The van der Waals surface area contributed by atoms with Crippen LogP contribution in [0.1, 0.15) is 86.4 Å². The number of carbonyl (C=O) groups excluding carboxylic acids is 1. The number of nitriles is 1. The molecule has 0 aliphatic carbocycles. The summed E-state index contributed by atoms with van der Waals surface area (Å²) in [7, 11) is -4.72. The van der Waals surface area contributed by atoms with Crippen molar-refractivity contribution in [2.24, 2.45) is 22.7 Å². The molecule has 55 heavy (non-hydrogen) atoms. The van der Waals surface area contributed by atoms with E-state index >= 15 is 0 Å². The van der Waals surface area contributed by atoms with Crippen LogP contribution >= 0.6 is 7.82 Å². The van der Waals surface area contributed by atoms with Gasteiger partial charge in [-0.25, -0.2) is 23.4 Å². The zero-order valence-corrected chi connectivity index (χ0v) is 33.4. The Labute approximate surface area is 319 Å². The van der Waals surface area contributed by atoms with Gasteiger partial charge < -0.3 is 34.7 Å². The number of phosphoric acid groups is 1. The lowest BCUT2D eigenvalue weighted by Gasteiger charge is -2.35. The fourth-order valence-corrected chi connectivity index (χ4v) is 7.50. The highest BCUT2D eigenvalue weighted by atomic mass is 31.2. The molecule has 0 saturated carbocycles. The number of aliphatic carboxylic acids is 2. The van der Waals surface area contributed by atoms with Crippen LogP contribution in [0.25, 0.3) is 5.52 Å². The van der Waals surface area contributed by atoms with Crippen molar-refractivity contribution in [2.75, 3.05) is 19.1 Å². The number of nitrogens with two attached hydrogens (primary N) is 1. The number of carboxylic acid groups (broad SMARTS) is 2. The number of hydrogen-bond acceptors (Lipinski definition) is 14. The number of nitrogens with zero attached hydrogens (tertiary/aromatic N) is 4. The summed E-state index contributed by atoms with van der Waals surface area (Å²) in [5, 5.41) is 35.8. The number of hydrogen-bond donors (Lipinski definition) is 3. The monoisotopic (exact) mass is 787 g/mol. The largest absolute Gasteiger partial charge is 0.533 e. The number of anilines is 1. The maximum atomic E-state index is 14.4. The Bertz CT molecular complexity index is 1970. The van der Waals surface area contributed by atoms with Crippen molar-refractivity contribution in [2.45, 2.75) is 98.4 Å². The molecule has 3 aromatic rings. The van der Waals surface area contributed by atoms with E-state index in [1.807, 2.05) is 20.8 Å². The summed E-state index contributed by atoms with van der Waals surface area (Å²) in [6, 6.07) is 12.1. The number of benzene rings is 1. The second-order valence-electron chi connectivity index (χ2n) is 16.1. The van der Waals surface area contributed by atoms with E-state index in [2.05, 4.69) is 16.2 Å². The maximum absolute atomic E-state index is 14.4. The number of nitrogen functional groups attached to an aromatic ring is 1. The molecule has 0 spiro atoms. The van der Waals surface area contributed by atoms with Gasteiger partial charge in [0.05, 0.1) is 35.3 Å². The highest BCUT2D eigenvalue weighted by Gasteiger charge is 2.61. The average Bonchev–Trinajstić information content (AvgIpc) is 3.63. The first-order valence-corrected chi connectivity index (χ1v) is 19.1. The van der Waals surface area contributed by atoms with Crippen LogP contribution < -0.4 is 10.3 Å². The first-order chi connectivity index (χ1) is 25.4. The molecule has 1 aliphatic rings. The topological polar surface area (TPSA) is 244 Å². The van der Waals surface area contributed by atoms with Crippen molar-refractivity contribution in [1.82, 2.24) is 14.6 Å². The van der Waals surface area contributed by atoms with Crippen LogP contribution in [0, 0.1) is 34.0 Å². The third kappa shape index (κ3) is 9.74. The summed E-state index contributed by atoms with van der Waals surface area (Å²) >= 11 is 0. The fraction of sp³-hybridized carbons (Fsp3) is 0.568. The van der Waals surface area contributed by atoms with Gasteiger partial charge in [0.15, 0.2) is 11.4 Å². The number of ether oxygens (including phenoxy) is 3. The second kappa shape index (κ2) is 16.2. The number of carbonyl (C=O) groups is 3. The van der Waals surface area contributed by atoms with Crippen LogP contribution in [0.4, 0.5) is 10.6 Å². The Morgan fingerprint density at radius 2 is 1.62 bits per heavy atom. The van der Waals surface area contributed by atoms with Gasteiger partial charge in [-0.15, -0.1) is 0 Å². The molecule has 1 saturated heterocycles. The molecular weight excluding hydrogens is 737 g/mol. The highest BCUT2D eigenvalue weighted by Crippen LogP contribution is 2.57. The molecule has 3 heterocycles. The standard InChI is InChI=1S/C37H50N5O12P/c1-22(2)52-33(47)49-21-51-55(48,54-24-12-10-23(11-13-24)34(3,4)5)50-18-28-25(16-35(6,7)31(43)44)26(17-36(8,9)32(45)46)37(19-38,53-28)29-15-14-27-30(39)40-20-41-42(27)29/h10-15,20,22,25-26,28H,16-18,21H2,1-9H3,(H,43,44)(H,45,46)(H2,39,40,41)/t25-,26-,28+,37-,55-/m1/s1. The molecule has 2 aromatic heterocycles. The summed E-state index contributed by atoms with van der Waals surface area (Å²) in [6.07, 6.45) is -1.95. The van der Waals surface area contributed by atoms with Crippen LogP contribution in [0.2, 0.25) is 0 Å². The second-order valence-corrected chi connectivity index (χ2v) is 17.7. The highest BCUT2D eigenvalue weighted by molar-refractivity contribution is 7.48. The molecule has 0 radical (unpaired) electrons. The van der Waals surface area contributed by atoms with Crippen molar-refractivity contribution < 1.29 is 56.9 Å². The van der Waals surface area contributed by atoms with Gasteiger partial charge >= 0.3 is 25.9 Å². The minimum absolute atomic E-state index is 0.0846. The normalized spacial score (nSPS) is 21.5. The van der Waals surface area contributed by atoms with Crippen LogP contribution in [0.15, 0.2) is 42.7 Å². The van der Waals surface area contributed by atoms with Gasteiger partial charge in [0, 0.05) is 5.92 Å². The summed E-state index contributed by atoms with van der Waals surface area (Å²) in [4.78, 5) is 41.2. The van der Waals surface area contributed by atoms with E-state index in [1.165, 1.54) is 38.5 Å². The molecule has 0 amide bonds. The smallest absolute Gasteiger partial charge is 0.481 e. The van der Waals surface area contributed by atoms with E-state index in [0.717, 1.165) is 5.56 Å². The molecule has 300 valence electrons. The van der Waals surface area contributed by atoms with Crippen molar-refractivity contribution in [3.63, 3.8) is 0 Å². The first-order valence-electron chi connectivity index (χ1n) is 17.6. The predicted molar refractivity (Wildman–Crippen MR) is 197 cm³/mol. The molecule has 1 fully saturated rings. The van der Waals surface area contributed by atoms with E-state index in [0.29, 0.717) is 5.52 Å². The number of rotatable bonds is 16. The number of fused-ring (bicyclic) bond motifs is 1. The van der Waals surface area contributed by atoms with Crippen molar-refractivity contribution in [3.8, 4) is 11.8 Å². The molecule has 4 rings (SSSR count). The van der Waals surface area contributed by atoms with Gasteiger partial charge in [-0.2, -0.15) is 10.4 Å². The van der Waals surface area contributed by atoms with E-state index < -0.39 is 79.8 Å². The zero-order chi connectivity index (χ0) is 41.1. The summed E-state index contributed by atoms with van der Waals surface area (Å²) in [5.74, 6) is -4.06. The maximum Gasteiger partial charge on any atom is 0.533 e. The van der Waals surface area contributed by atoms with E-state index in [-0.39, 0.29) is 35.5 Å². The van der Waals surface area contributed by atoms with Crippen LogP contribution in [-0.4, -0.2) is 68.5 Å². The van der Waals surface area contributed by atoms with E-state index in [1.54, 1.807) is 50.2 Å². The van der Waals surface area contributed by atoms with Gasteiger partial charge in [-0.1, -0.05) is 32.9 Å². The lowest BCUT2D eigenvalue weighted by atomic mass is 9.66. The first kappa shape index (κ1) is 43.0. The molecule has 1 aromatic carbocycles. The molecule has 17 nitrogen and oxygen atoms in total. The summed E-state index contributed by atoms with van der Waals surface area (Å²) < 4.78 is 49.4. The Morgan fingerprint density at radius 3 is 2.18 bits per heavy atom. The third-order valence-corrected chi connectivity index (χ3v) is 10.9. The molecule has 4 N–H and O–H groups in total. The van der Waals surface area contributed by atoms with Gasteiger partial charge in [0.2, 0.25) is 6.79 Å². The number of carboxylic acids is 2. The lowest BCUT2D eigenvalue weighted by Crippen LogP contribution is -2.41. The Morgan fingerprint density at radius 1 is 1.00 bits per heavy atom. The molecule has 18 heteroatoms. The molecule has 1 aliphatic heterocycles. The average molecular weight is 788 g/mol. The summed E-state index contributed by atoms with van der Waals surface area (Å²) in [5.41, 5.74) is 2.54. The third-order valence-electron chi connectivity index (χ3n) is 9.57. The minimum Gasteiger partial charge on any atom is -0.481 e. The van der Waals surface area contributed by atoms with E-state index in [9.17, 15) is 34.4 Å². The lowest BCUT2D eigenvalue weighted by molar-refractivity contribution is -0.150. The summed E-state index contributed by atoms with van der Waals surface area (Å²) in [6.45, 7) is 13.7. The Balaban J connectivity index is 1.80. The quantitative estimate of drug-likeness (QED) is 0.0776. The Hall–Kier alpha value is -4.75. The van der Waals surface area contributed by atoms with Gasteiger partial charge in [0.1, 0.15) is 23.7 Å². The molecule has 0 unspecified atom stereocenters. The molecular formula is C37H50N5O12P. The van der Waals surface area contributed by atoms with Crippen LogP contribution in [-0.2, 0) is 48.4 Å². The van der Waals surface area contributed by atoms with Crippen molar-refractivity contribution in [3.05, 3.63) is 54.0 Å². The van der Waals surface area contributed by atoms with Crippen molar-refractivity contribution >= 4 is 37.3 Å². The predicted octanol–water partition coefficient (Wildman–Crippen LogP) is 6.70. The SMILES string of the molecule is CC(C)OC(=O)OCO[P@@](=O)(OC[C@@H]1O[C@@](C#N)(c2ccc3c(N)ncnn23)[C@H](CC(C)(C)C(=O)O)[C@H]1CC(C)(C)C(=O)O)Oc1ccc(C(C)(C)C)cc1. The van der Waals surface area contributed by atoms with Gasteiger partial charge in [-0.05, 0) is 95.5 Å². The van der Waals surface area contributed by atoms with Gasteiger partial charge in [-0.3, -0.25) is 14.1 Å². The van der Waals surface area contributed by atoms with Crippen LogP contribution in [0.5, 0.6) is 5.75 Å². The zero-order valence-electron chi connectivity index (χ0n) is 32.5. The van der Waals surface area contributed by atoms with E-state index in [4.69, 9.17) is 33.5 Å². The molecule has 5 atom stereocenters. The molecule has 0 bridgehead atoms. The van der Waals surface area contributed by atoms with Crippen LogP contribution in [0.3, 0.4) is 0 Å². The number of phosphoric ester groups is 1.